The van der Waals surface area contributed by atoms with Gasteiger partial charge in [-0.25, -0.2) is 4.39 Å². The molecule has 1 heterocycles. The van der Waals surface area contributed by atoms with Crippen molar-refractivity contribution in [3.8, 4) is 5.75 Å². The molecule has 0 fully saturated rings. The topological polar surface area (TPSA) is 35.2 Å². The van der Waals surface area contributed by atoms with Crippen molar-refractivity contribution in [2.75, 3.05) is 0 Å². The molecule has 1 aromatic carbocycles. The fraction of sp³-hybridized carbons (Fsp3) is 0.286. The van der Waals surface area contributed by atoms with E-state index in [0.29, 0.717) is 18.8 Å². The van der Waals surface area contributed by atoms with E-state index in [-0.39, 0.29) is 11.9 Å². The van der Waals surface area contributed by atoms with Crippen molar-refractivity contribution in [3.63, 3.8) is 0 Å². The molecule has 0 radical (unpaired) electrons. The summed E-state index contributed by atoms with van der Waals surface area (Å²) in [6.07, 6.45) is 0.646. The van der Waals surface area contributed by atoms with Crippen LogP contribution in [0, 0.1) is 5.82 Å². The van der Waals surface area contributed by atoms with Crippen molar-refractivity contribution in [1.29, 1.82) is 0 Å². The molecule has 0 aliphatic carbocycles. The molecule has 2 N–H and O–H groups in total. The second-order valence-corrected chi connectivity index (χ2v) is 5.38. The van der Waals surface area contributed by atoms with Crippen LogP contribution >= 0.6 is 11.3 Å². The Hall–Kier alpha value is -1.39. The van der Waals surface area contributed by atoms with Crippen LogP contribution in [-0.4, -0.2) is 6.04 Å². The van der Waals surface area contributed by atoms with Crippen molar-refractivity contribution >= 4 is 11.3 Å². The van der Waals surface area contributed by atoms with Gasteiger partial charge in [-0.15, -0.1) is 11.3 Å². The molecule has 0 saturated carbocycles. The highest BCUT2D eigenvalue weighted by Crippen LogP contribution is 2.20. The number of hydrogen-bond acceptors (Lipinski definition) is 3. The van der Waals surface area contributed by atoms with E-state index in [4.69, 9.17) is 10.5 Å². The van der Waals surface area contributed by atoms with Gasteiger partial charge in [-0.1, -0.05) is 6.07 Å². The van der Waals surface area contributed by atoms with Gasteiger partial charge < -0.3 is 10.5 Å². The number of hydrogen-bond donors (Lipinski definition) is 1. The fourth-order valence-electron chi connectivity index (χ4n) is 1.74. The van der Waals surface area contributed by atoms with Gasteiger partial charge in [0.2, 0.25) is 0 Å². The molecular formula is C14H16FNOS. The van der Waals surface area contributed by atoms with Crippen LogP contribution in [0.1, 0.15) is 17.4 Å². The Bertz CT molecular complexity index is 497. The monoisotopic (exact) mass is 265 g/mol. The summed E-state index contributed by atoms with van der Waals surface area (Å²) < 4.78 is 19.0. The van der Waals surface area contributed by atoms with Gasteiger partial charge in [0.15, 0.2) is 0 Å². The van der Waals surface area contributed by atoms with Gasteiger partial charge in [-0.05, 0) is 42.5 Å². The Morgan fingerprint density at radius 2 is 2.22 bits per heavy atom. The first kappa shape index (κ1) is 13.1. The second-order valence-electron chi connectivity index (χ2n) is 4.34. The largest absolute Gasteiger partial charge is 0.488 e. The number of thiophene rings is 1. The summed E-state index contributed by atoms with van der Waals surface area (Å²) in [5.74, 6) is 0.272. The fourth-order valence-corrected chi connectivity index (χ4v) is 2.36. The lowest BCUT2D eigenvalue weighted by Gasteiger charge is -2.09. The molecule has 0 amide bonds. The SMILES string of the molecule is CC(N)Cc1cc(F)cc(OCc2cccs2)c1. The third kappa shape index (κ3) is 3.82. The molecule has 2 aromatic rings. The summed E-state index contributed by atoms with van der Waals surface area (Å²) in [7, 11) is 0. The van der Waals surface area contributed by atoms with Crippen LogP contribution in [0.25, 0.3) is 0 Å². The molecule has 0 saturated heterocycles. The first-order chi connectivity index (χ1) is 8.63. The third-order valence-electron chi connectivity index (χ3n) is 2.45. The molecular weight excluding hydrogens is 249 g/mol. The number of rotatable bonds is 5. The maximum atomic E-state index is 13.4. The summed E-state index contributed by atoms with van der Waals surface area (Å²) in [4.78, 5) is 1.12. The first-order valence-electron chi connectivity index (χ1n) is 5.84. The molecule has 96 valence electrons. The molecule has 0 spiro atoms. The minimum atomic E-state index is -0.283. The predicted molar refractivity (Wildman–Crippen MR) is 72.4 cm³/mol. The Balaban J connectivity index is 2.05. The number of nitrogens with two attached hydrogens (primary N) is 1. The molecule has 2 rings (SSSR count). The van der Waals surface area contributed by atoms with Gasteiger partial charge >= 0.3 is 0 Å². The Morgan fingerprint density at radius 1 is 1.39 bits per heavy atom. The summed E-state index contributed by atoms with van der Waals surface area (Å²) in [6.45, 7) is 2.37. The number of benzene rings is 1. The maximum Gasteiger partial charge on any atom is 0.127 e. The molecule has 4 heteroatoms. The van der Waals surface area contributed by atoms with E-state index in [1.165, 1.54) is 12.1 Å². The van der Waals surface area contributed by atoms with Gasteiger partial charge in [-0.2, -0.15) is 0 Å². The smallest absolute Gasteiger partial charge is 0.127 e. The summed E-state index contributed by atoms with van der Waals surface area (Å²) in [5.41, 5.74) is 6.58. The predicted octanol–water partition coefficient (Wildman–Crippen LogP) is 3.36. The second kappa shape index (κ2) is 5.98. The van der Waals surface area contributed by atoms with Crippen LogP contribution < -0.4 is 10.5 Å². The van der Waals surface area contributed by atoms with E-state index in [2.05, 4.69) is 0 Å². The minimum absolute atomic E-state index is 0.0111. The van der Waals surface area contributed by atoms with Gasteiger partial charge in [0.25, 0.3) is 0 Å². The van der Waals surface area contributed by atoms with E-state index in [1.807, 2.05) is 30.5 Å². The average Bonchev–Trinajstić information content (AvgIpc) is 2.77. The lowest BCUT2D eigenvalue weighted by molar-refractivity contribution is 0.307. The van der Waals surface area contributed by atoms with Gasteiger partial charge in [0.05, 0.1) is 0 Å². The van der Waals surface area contributed by atoms with Gasteiger partial charge in [0, 0.05) is 17.0 Å². The zero-order valence-electron chi connectivity index (χ0n) is 10.2. The van der Waals surface area contributed by atoms with Crippen LogP contribution in [0.2, 0.25) is 0 Å². The van der Waals surface area contributed by atoms with Crippen molar-refractivity contribution in [2.45, 2.75) is 26.0 Å². The van der Waals surface area contributed by atoms with Crippen LogP contribution in [-0.2, 0) is 13.0 Å². The van der Waals surface area contributed by atoms with Gasteiger partial charge in [-0.3, -0.25) is 0 Å². The summed E-state index contributed by atoms with van der Waals surface area (Å²) in [5, 5.41) is 1.99. The van der Waals surface area contributed by atoms with Gasteiger partial charge in [0.1, 0.15) is 18.2 Å². The Morgan fingerprint density at radius 3 is 2.89 bits per heavy atom. The lowest BCUT2D eigenvalue weighted by atomic mass is 10.1. The molecule has 18 heavy (non-hydrogen) atoms. The zero-order chi connectivity index (χ0) is 13.0. The standard InChI is InChI=1S/C14H16FNOS/c1-10(16)5-11-6-12(15)8-13(7-11)17-9-14-3-2-4-18-14/h2-4,6-8,10H,5,9,16H2,1H3. The average molecular weight is 265 g/mol. The summed E-state index contributed by atoms with van der Waals surface area (Å²) in [6, 6.07) is 8.72. The van der Waals surface area contributed by atoms with Crippen LogP contribution in [0.4, 0.5) is 4.39 Å². The molecule has 0 aliphatic rings. The molecule has 2 nitrogen and oxygen atoms in total. The van der Waals surface area contributed by atoms with Crippen molar-refractivity contribution in [2.24, 2.45) is 5.73 Å². The highest BCUT2D eigenvalue weighted by molar-refractivity contribution is 7.09. The maximum absolute atomic E-state index is 13.4. The van der Waals surface area contributed by atoms with Crippen molar-refractivity contribution in [1.82, 2.24) is 0 Å². The quantitative estimate of drug-likeness (QED) is 0.899. The number of halogens is 1. The molecule has 1 atom stereocenters. The first-order valence-corrected chi connectivity index (χ1v) is 6.71. The Labute approximate surface area is 110 Å². The van der Waals surface area contributed by atoms with Crippen LogP contribution in [0.15, 0.2) is 35.7 Å². The highest BCUT2D eigenvalue weighted by atomic mass is 32.1. The number of ether oxygens (including phenoxy) is 1. The van der Waals surface area contributed by atoms with E-state index in [1.54, 1.807) is 11.3 Å². The van der Waals surface area contributed by atoms with Crippen molar-refractivity contribution < 1.29 is 9.13 Å². The van der Waals surface area contributed by atoms with Crippen LogP contribution in [0.5, 0.6) is 5.75 Å². The molecule has 1 unspecified atom stereocenters. The zero-order valence-corrected chi connectivity index (χ0v) is 11.0. The van der Waals surface area contributed by atoms with Crippen LogP contribution in [0.3, 0.4) is 0 Å². The Kier molecular flexibility index (Phi) is 4.33. The molecule has 0 bridgehead atoms. The minimum Gasteiger partial charge on any atom is -0.488 e. The third-order valence-corrected chi connectivity index (χ3v) is 3.30. The van der Waals surface area contributed by atoms with E-state index >= 15 is 0 Å². The molecule has 0 aliphatic heterocycles. The summed E-state index contributed by atoms with van der Waals surface area (Å²) >= 11 is 1.62. The van der Waals surface area contributed by atoms with E-state index in [9.17, 15) is 4.39 Å². The van der Waals surface area contributed by atoms with Crippen molar-refractivity contribution in [3.05, 3.63) is 52.0 Å². The van der Waals surface area contributed by atoms with E-state index < -0.39 is 0 Å². The highest BCUT2D eigenvalue weighted by Gasteiger charge is 2.05. The lowest BCUT2D eigenvalue weighted by Crippen LogP contribution is -2.17. The van der Waals surface area contributed by atoms with E-state index in [0.717, 1.165) is 10.4 Å². The molecule has 1 aromatic heterocycles. The normalized spacial score (nSPS) is 12.4.